The van der Waals surface area contributed by atoms with E-state index in [0.29, 0.717) is 0 Å². The average Bonchev–Trinajstić information content (AvgIpc) is 3.45. The number of halogens is 2. The van der Waals surface area contributed by atoms with E-state index in [1.807, 2.05) is 0 Å². The van der Waals surface area contributed by atoms with E-state index in [2.05, 4.69) is 153 Å². The van der Waals surface area contributed by atoms with Gasteiger partial charge in [0, 0.05) is 0 Å². The van der Waals surface area contributed by atoms with Crippen LogP contribution in [-0.4, -0.2) is 0 Å². The topological polar surface area (TPSA) is 0 Å². The maximum absolute atomic E-state index is 2.35. The van der Waals surface area contributed by atoms with Gasteiger partial charge >= 0.3 is 25.8 Å². The van der Waals surface area contributed by atoms with Gasteiger partial charge in [-0.15, -0.1) is 51.4 Å². The minimum absolute atomic E-state index is 0. The molecular formula is C36H42Cl2Hf. The number of hydrogen-bond donors (Lipinski definition) is 0. The number of fused-ring (bicyclic) bond motifs is 3. The second-order valence-corrected chi connectivity index (χ2v) is 13.2. The van der Waals surface area contributed by atoms with Crippen molar-refractivity contribution >= 4 is 21.5 Å². The Bertz CT molecular complexity index is 1400. The van der Waals surface area contributed by atoms with Crippen LogP contribution >= 0.6 is 0 Å². The Hall–Kier alpha value is -1.67. The van der Waals surface area contributed by atoms with E-state index in [1.165, 1.54) is 49.4 Å². The normalized spacial score (nSPS) is 11.6. The van der Waals surface area contributed by atoms with Crippen LogP contribution in [0, 0.1) is 0 Å². The van der Waals surface area contributed by atoms with Crippen molar-refractivity contribution in [2.45, 2.75) is 78.6 Å². The smallest absolute Gasteiger partial charge is 1.00 e. The summed E-state index contributed by atoms with van der Waals surface area (Å²) in [6, 6.07) is 33.4. The SMILES string of the molecule is CC(C)(C)c1ccc2c(c1)[cH-]c1cc(C(C)(C)C)ccc12.CC(C)(C)c1ccccc1-c1ccc[cH-]1.[Cl-].[Cl-].[Hf+4]. The molecule has 0 saturated heterocycles. The summed E-state index contributed by atoms with van der Waals surface area (Å²) in [5.41, 5.74) is 7.51. The van der Waals surface area contributed by atoms with Gasteiger partial charge < -0.3 is 24.8 Å². The molecule has 0 aliphatic carbocycles. The van der Waals surface area contributed by atoms with E-state index in [1.54, 1.807) is 0 Å². The summed E-state index contributed by atoms with van der Waals surface area (Å²) in [5.74, 6) is 0. The Balaban J connectivity index is 0.000000379. The quantitative estimate of drug-likeness (QED) is 0.174. The molecule has 0 nitrogen and oxygen atoms in total. The Morgan fingerprint density at radius 2 is 1.03 bits per heavy atom. The third-order valence-electron chi connectivity index (χ3n) is 7.15. The largest absolute Gasteiger partial charge is 4.00 e. The molecule has 0 saturated carbocycles. The summed E-state index contributed by atoms with van der Waals surface area (Å²) in [7, 11) is 0. The molecule has 0 bridgehead atoms. The molecule has 5 aromatic rings. The summed E-state index contributed by atoms with van der Waals surface area (Å²) in [6.07, 6.45) is 0. The standard InChI is InChI=1S/C21H25.C15H17.2ClH.Hf/c1-20(2,3)16-7-9-18-14(12-16)11-15-13-17(21(4,5)6)8-10-19(15)18;1-15(2,3)14-11-7-6-10-13(14)12-8-4-5-9-12;;;/h7-13H,1-6H3;4-11H,1-3H3;2*1H;/q2*-1;;;+4/p-2. The molecule has 3 heteroatoms. The van der Waals surface area contributed by atoms with Gasteiger partial charge in [-0.25, -0.2) is 0 Å². The third kappa shape index (κ3) is 8.18. The van der Waals surface area contributed by atoms with Crippen molar-refractivity contribution in [1.29, 1.82) is 0 Å². The minimum Gasteiger partial charge on any atom is -1.00 e. The van der Waals surface area contributed by atoms with E-state index in [-0.39, 0.29) is 66.9 Å². The molecule has 0 aliphatic rings. The van der Waals surface area contributed by atoms with Crippen molar-refractivity contribution in [3.05, 3.63) is 108 Å². The van der Waals surface area contributed by atoms with Crippen LogP contribution in [-0.2, 0) is 42.1 Å². The van der Waals surface area contributed by atoms with Crippen LogP contribution in [0.1, 0.15) is 79.0 Å². The second kappa shape index (κ2) is 13.3. The molecular weight excluding hydrogens is 682 g/mol. The van der Waals surface area contributed by atoms with E-state index in [9.17, 15) is 0 Å². The van der Waals surface area contributed by atoms with Gasteiger partial charge in [-0.1, -0.05) is 133 Å². The molecule has 0 N–H and O–H groups in total. The van der Waals surface area contributed by atoms with Gasteiger partial charge in [-0.3, -0.25) is 0 Å². The van der Waals surface area contributed by atoms with E-state index >= 15 is 0 Å². The Kier molecular flexibility index (Phi) is 12.1. The van der Waals surface area contributed by atoms with Crippen LogP contribution in [0.15, 0.2) is 91.0 Å². The van der Waals surface area contributed by atoms with Crippen LogP contribution in [0.3, 0.4) is 0 Å². The second-order valence-electron chi connectivity index (χ2n) is 13.2. The predicted molar refractivity (Wildman–Crippen MR) is 161 cm³/mol. The minimum atomic E-state index is 0. The molecule has 39 heavy (non-hydrogen) atoms. The third-order valence-corrected chi connectivity index (χ3v) is 7.15. The first-order valence-corrected chi connectivity index (χ1v) is 13.2. The molecule has 0 aromatic heterocycles. The van der Waals surface area contributed by atoms with Crippen molar-refractivity contribution in [2.24, 2.45) is 0 Å². The van der Waals surface area contributed by atoms with Crippen LogP contribution in [0.4, 0.5) is 0 Å². The summed E-state index contributed by atoms with van der Waals surface area (Å²) < 4.78 is 0. The van der Waals surface area contributed by atoms with Crippen LogP contribution < -0.4 is 24.8 Å². The van der Waals surface area contributed by atoms with Gasteiger partial charge in [0.25, 0.3) is 0 Å². The summed E-state index contributed by atoms with van der Waals surface area (Å²) >= 11 is 0. The first-order chi connectivity index (χ1) is 16.7. The fraction of sp³-hybridized carbons (Fsp3) is 0.333. The molecule has 204 valence electrons. The Morgan fingerprint density at radius 3 is 1.44 bits per heavy atom. The van der Waals surface area contributed by atoms with Crippen molar-refractivity contribution in [3.8, 4) is 11.1 Å². The molecule has 0 radical (unpaired) electrons. The van der Waals surface area contributed by atoms with Crippen molar-refractivity contribution < 1.29 is 50.7 Å². The fourth-order valence-electron chi connectivity index (χ4n) is 4.90. The Morgan fingerprint density at radius 1 is 0.538 bits per heavy atom. The number of benzene rings is 3. The fourth-order valence-corrected chi connectivity index (χ4v) is 4.90. The van der Waals surface area contributed by atoms with E-state index in [0.717, 1.165) is 0 Å². The summed E-state index contributed by atoms with van der Waals surface area (Å²) in [6.45, 7) is 20.4. The average molecular weight is 724 g/mol. The van der Waals surface area contributed by atoms with Crippen LogP contribution in [0.5, 0.6) is 0 Å². The molecule has 0 spiro atoms. The molecule has 0 heterocycles. The first kappa shape index (κ1) is 35.4. The maximum Gasteiger partial charge on any atom is 4.00 e. The Labute approximate surface area is 267 Å². The molecule has 0 unspecified atom stereocenters. The van der Waals surface area contributed by atoms with Gasteiger partial charge in [-0.05, 0) is 16.2 Å². The van der Waals surface area contributed by atoms with Crippen molar-refractivity contribution in [3.63, 3.8) is 0 Å². The maximum atomic E-state index is 2.35. The zero-order valence-electron chi connectivity index (χ0n) is 24.9. The van der Waals surface area contributed by atoms with E-state index in [4.69, 9.17) is 0 Å². The summed E-state index contributed by atoms with van der Waals surface area (Å²) in [5, 5.41) is 5.48. The monoisotopic (exact) mass is 724 g/mol. The molecule has 0 amide bonds. The van der Waals surface area contributed by atoms with Gasteiger partial charge in [0.1, 0.15) is 0 Å². The summed E-state index contributed by atoms with van der Waals surface area (Å²) in [4.78, 5) is 0. The van der Waals surface area contributed by atoms with E-state index < -0.39 is 0 Å². The number of hydrogen-bond acceptors (Lipinski definition) is 0. The number of rotatable bonds is 1. The molecule has 0 atom stereocenters. The van der Waals surface area contributed by atoms with Gasteiger partial charge in [0.2, 0.25) is 0 Å². The van der Waals surface area contributed by atoms with Crippen LogP contribution in [0.25, 0.3) is 32.7 Å². The van der Waals surface area contributed by atoms with Crippen molar-refractivity contribution in [2.75, 3.05) is 0 Å². The van der Waals surface area contributed by atoms with Gasteiger partial charge in [-0.2, -0.15) is 18.2 Å². The van der Waals surface area contributed by atoms with Gasteiger partial charge in [0.15, 0.2) is 0 Å². The molecule has 0 aliphatic heterocycles. The van der Waals surface area contributed by atoms with Crippen molar-refractivity contribution in [1.82, 2.24) is 0 Å². The van der Waals surface area contributed by atoms with Gasteiger partial charge in [0.05, 0.1) is 0 Å². The first-order valence-electron chi connectivity index (χ1n) is 13.2. The van der Waals surface area contributed by atoms with Crippen LogP contribution in [0.2, 0.25) is 0 Å². The molecule has 5 aromatic carbocycles. The predicted octanol–water partition coefficient (Wildman–Crippen LogP) is 4.68. The molecule has 5 rings (SSSR count). The zero-order valence-corrected chi connectivity index (χ0v) is 30.0. The zero-order chi connectivity index (χ0) is 26.3. The molecule has 0 fully saturated rings.